The van der Waals surface area contributed by atoms with Crippen LogP contribution in [0.25, 0.3) is 0 Å². The van der Waals surface area contributed by atoms with Gasteiger partial charge < -0.3 is 0 Å². The Bertz CT molecular complexity index is 483. The standard InChI is InChI=1S/C11H12INO2Si/c1-16(2,3)7-6-9-4-5-10(12)8-11(9)13(14)15/h4-5,8H,1-3H3. The van der Waals surface area contributed by atoms with E-state index in [4.69, 9.17) is 0 Å². The summed E-state index contributed by atoms with van der Waals surface area (Å²) in [5.74, 6) is 2.93. The van der Waals surface area contributed by atoms with Gasteiger partial charge in [0, 0.05) is 9.64 Å². The quantitative estimate of drug-likeness (QED) is 0.257. The Kier molecular flexibility index (Phi) is 4.10. The summed E-state index contributed by atoms with van der Waals surface area (Å²) in [5.41, 5.74) is 3.74. The first-order chi connectivity index (χ1) is 7.29. The topological polar surface area (TPSA) is 43.1 Å². The smallest absolute Gasteiger partial charge is 0.258 e. The van der Waals surface area contributed by atoms with Crippen molar-refractivity contribution in [1.82, 2.24) is 0 Å². The summed E-state index contributed by atoms with van der Waals surface area (Å²) in [7, 11) is -1.50. The van der Waals surface area contributed by atoms with Gasteiger partial charge in [0.2, 0.25) is 0 Å². The van der Waals surface area contributed by atoms with Crippen LogP contribution in [-0.4, -0.2) is 13.0 Å². The maximum absolute atomic E-state index is 10.8. The minimum absolute atomic E-state index is 0.0950. The molecule has 0 spiro atoms. The Morgan fingerprint density at radius 3 is 2.50 bits per heavy atom. The van der Waals surface area contributed by atoms with Crippen molar-refractivity contribution < 1.29 is 4.92 Å². The zero-order valence-electron chi connectivity index (χ0n) is 9.37. The lowest BCUT2D eigenvalue weighted by Gasteiger charge is -2.03. The monoisotopic (exact) mass is 345 g/mol. The third kappa shape index (κ3) is 3.94. The van der Waals surface area contributed by atoms with Crippen molar-refractivity contribution in [3.8, 4) is 11.5 Å². The van der Waals surface area contributed by atoms with Crippen LogP contribution in [0.2, 0.25) is 19.6 Å². The first-order valence-electron chi connectivity index (χ1n) is 4.77. The Hall–Kier alpha value is -0.873. The lowest BCUT2D eigenvalue weighted by atomic mass is 10.2. The van der Waals surface area contributed by atoms with E-state index in [9.17, 15) is 10.1 Å². The van der Waals surface area contributed by atoms with Crippen LogP contribution in [0, 0.1) is 25.1 Å². The molecular formula is C11H12INO2Si. The Labute approximate surface area is 110 Å². The van der Waals surface area contributed by atoms with Gasteiger partial charge in [-0.1, -0.05) is 25.6 Å². The van der Waals surface area contributed by atoms with Crippen LogP contribution < -0.4 is 0 Å². The molecule has 16 heavy (non-hydrogen) atoms. The zero-order chi connectivity index (χ0) is 12.3. The van der Waals surface area contributed by atoms with Gasteiger partial charge in [0.25, 0.3) is 5.69 Å². The normalized spacial score (nSPS) is 10.5. The maximum Gasteiger partial charge on any atom is 0.285 e. The summed E-state index contributed by atoms with van der Waals surface area (Å²) >= 11 is 2.06. The second-order valence-electron chi connectivity index (χ2n) is 4.42. The van der Waals surface area contributed by atoms with Gasteiger partial charge in [-0.05, 0) is 34.7 Å². The Balaban J connectivity index is 3.23. The number of hydrogen-bond donors (Lipinski definition) is 0. The first-order valence-corrected chi connectivity index (χ1v) is 9.34. The van der Waals surface area contributed by atoms with Crippen molar-refractivity contribution in [2.75, 3.05) is 0 Å². The molecule has 3 nitrogen and oxygen atoms in total. The summed E-state index contributed by atoms with van der Waals surface area (Å²) in [5, 5.41) is 10.8. The zero-order valence-corrected chi connectivity index (χ0v) is 12.5. The molecule has 0 bridgehead atoms. The molecule has 0 amide bonds. The Morgan fingerprint density at radius 2 is 2.00 bits per heavy atom. The third-order valence-corrected chi connectivity index (χ3v) is 3.27. The highest BCUT2D eigenvalue weighted by Crippen LogP contribution is 2.20. The molecule has 0 aliphatic heterocycles. The molecule has 0 aromatic heterocycles. The van der Waals surface area contributed by atoms with Gasteiger partial charge in [-0.25, -0.2) is 0 Å². The van der Waals surface area contributed by atoms with Crippen molar-refractivity contribution in [2.24, 2.45) is 0 Å². The number of halogens is 1. The van der Waals surface area contributed by atoms with E-state index in [0.29, 0.717) is 5.56 Å². The van der Waals surface area contributed by atoms with E-state index in [1.807, 2.05) is 6.07 Å². The largest absolute Gasteiger partial charge is 0.285 e. The minimum Gasteiger partial charge on any atom is -0.258 e. The van der Waals surface area contributed by atoms with Gasteiger partial charge in [-0.3, -0.25) is 10.1 Å². The summed E-state index contributed by atoms with van der Waals surface area (Å²) < 4.78 is 0.850. The number of hydrogen-bond acceptors (Lipinski definition) is 2. The van der Waals surface area contributed by atoms with Crippen molar-refractivity contribution >= 4 is 36.4 Å². The van der Waals surface area contributed by atoms with E-state index in [2.05, 4.69) is 53.7 Å². The third-order valence-electron chi connectivity index (χ3n) is 1.73. The SMILES string of the molecule is C[Si](C)(C)C#Cc1ccc(I)cc1[N+](=O)[O-]. The number of nitro benzene ring substituents is 1. The van der Waals surface area contributed by atoms with Crippen LogP contribution >= 0.6 is 22.6 Å². The number of nitro groups is 1. The number of benzene rings is 1. The summed E-state index contributed by atoms with van der Waals surface area (Å²) in [6, 6.07) is 5.10. The average Bonchev–Trinajstić information content (AvgIpc) is 2.14. The lowest BCUT2D eigenvalue weighted by Crippen LogP contribution is -2.16. The fourth-order valence-corrected chi connectivity index (χ4v) is 2.00. The summed E-state index contributed by atoms with van der Waals surface area (Å²) in [6.45, 7) is 6.33. The second kappa shape index (κ2) is 4.97. The van der Waals surface area contributed by atoms with Gasteiger partial charge in [0.05, 0.1) is 4.92 Å². The van der Waals surface area contributed by atoms with Crippen LogP contribution in [0.1, 0.15) is 5.56 Å². The van der Waals surface area contributed by atoms with E-state index >= 15 is 0 Å². The van der Waals surface area contributed by atoms with E-state index in [1.54, 1.807) is 12.1 Å². The highest BCUT2D eigenvalue weighted by molar-refractivity contribution is 14.1. The molecule has 0 aliphatic carbocycles. The highest BCUT2D eigenvalue weighted by atomic mass is 127. The van der Waals surface area contributed by atoms with Gasteiger partial charge >= 0.3 is 0 Å². The molecule has 0 atom stereocenters. The number of nitrogens with zero attached hydrogens (tertiary/aromatic N) is 1. The number of rotatable bonds is 1. The molecule has 0 saturated carbocycles. The van der Waals surface area contributed by atoms with Crippen LogP contribution in [0.5, 0.6) is 0 Å². The molecule has 1 rings (SSSR count). The van der Waals surface area contributed by atoms with Crippen molar-refractivity contribution in [3.63, 3.8) is 0 Å². The van der Waals surface area contributed by atoms with Crippen molar-refractivity contribution in [2.45, 2.75) is 19.6 Å². The van der Waals surface area contributed by atoms with Crippen LogP contribution in [0.3, 0.4) is 0 Å². The van der Waals surface area contributed by atoms with Crippen LogP contribution in [0.15, 0.2) is 18.2 Å². The van der Waals surface area contributed by atoms with E-state index < -0.39 is 8.07 Å². The fraction of sp³-hybridized carbons (Fsp3) is 0.273. The molecule has 5 heteroatoms. The molecule has 0 heterocycles. The molecule has 1 aromatic rings. The molecule has 0 saturated heterocycles. The second-order valence-corrected chi connectivity index (χ2v) is 10.4. The lowest BCUT2D eigenvalue weighted by molar-refractivity contribution is -0.385. The molecule has 0 N–H and O–H groups in total. The van der Waals surface area contributed by atoms with E-state index in [-0.39, 0.29) is 10.6 Å². The molecular weight excluding hydrogens is 333 g/mol. The van der Waals surface area contributed by atoms with Gasteiger partial charge in [-0.15, -0.1) is 5.54 Å². The molecule has 0 fully saturated rings. The van der Waals surface area contributed by atoms with Gasteiger partial charge in [0.1, 0.15) is 13.6 Å². The summed E-state index contributed by atoms with van der Waals surface area (Å²) in [6.07, 6.45) is 0. The predicted molar refractivity (Wildman–Crippen MR) is 76.0 cm³/mol. The highest BCUT2D eigenvalue weighted by Gasteiger charge is 2.13. The fourth-order valence-electron chi connectivity index (χ4n) is 1.02. The minimum atomic E-state index is -1.50. The summed E-state index contributed by atoms with van der Waals surface area (Å²) in [4.78, 5) is 10.5. The average molecular weight is 345 g/mol. The van der Waals surface area contributed by atoms with Gasteiger partial charge in [0.15, 0.2) is 0 Å². The van der Waals surface area contributed by atoms with Crippen molar-refractivity contribution in [1.29, 1.82) is 0 Å². The van der Waals surface area contributed by atoms with Gasteiger partial charge in [-0.2, -0.15) is 0 Å². The molecule has 0 unspecified atom stereocenters. The maximum atomic E-state index is 10.8. The molecule has 0 radical (unpaired) electrons. The van der Waals surface area contributed by atoms with Crippen LogP contribution in [-0.2, 0) is 0 Å². The molecule has 1 aromatic carbocycles. The van der Waals surface area contributed by atoms with E-state index in [0.717, 1.165) is 3.57 Å². The first kappa shape index (κ1) is 13.2. The van der Waals surface area contributed by atoms with E-state index in [1.165, 1.54) is 0 Å². The predicted octanol–water partition coefficient (Wildman–Crippen LogP) is 3.43. The Morgan fingerprint density at radius 1 is 1.38 bits per heavy atom. The molecule has 0 aliphatic rings. The molecule has 84 valence electrons. The van der Waals surface area contributed by atoms with Crippen molar-refractivity contribution in [3.05, 3.63) is 37.4 Å². The van der Waals surface area contributed by atoms with Crippen LogP contribution in [0.4, 0.5) is 5.69 Å².